The molecule has 0 aliphatic carbocycles. The molecule has 1 rings (SSSR count). The van der Waals surface area contributed by atoms with E-state index in [4.69, 9.17) is 4.74 Å². The molecule has 0 bridgehead atoms. The van der Waals surface area contributed by atoms with Crippen LogP contribution >= 0.6 is 27.7 Å². The van der Waals surface area contributed by atoms with Crippen molar-refractivity contribution < 1.29 is 4.74 Å². The molecule has 0 saturated carbocycles. The van der Waals surface area contributed by atoms with E-state index in [1.807, 2.05) is 27.0 Å². The van der Waals surface area contributed by atoms with Crippen LogP contribution in [0.4, 0.5) is 0 Å². The van der Waals surface area contributed by atoms with E-state index in [1.54, 1.807) is 0 Å². The smallest absolute Gasteiger partial charge is 0.232 e. The number of rotatable bonds is 3. The van der Waals surface area contributed by atoms with Gasteiger partial charge in [0.2, 0.25) is 5.88 Å². The fraction of sp³-hybridized carbons (Fsp3) is 0.556. The van der Waals surface area contributed by atoms with Crippen LogP contribution in [0, 0.1) is 6.92 Å². The molecule has 1 heterocycles. The number of halogens is 1. The molecule has 3 nitrogen and oxygen atoms in total. The van der Waals surface area contributed by atoms with Crippen molar-refractivity contribution in [2.75, 3.05) is 6.26 Å². The summed E-state index contributed by atoms with van der Waals surface area (Å²) in [6.07, 6.45) is 2.07. The Kier molecular flexibility index (Phi) is 4.19. The van der Waals surface area contributed by atoms with Gasteiger partial charge in [-0.15, -0.1) is 0 Å². The minimum Gasteiger partial charge on any atom is -0.474 e. The van der Waals surface area contributed by atoms with Crippen molar-refractivity contribution in [2.24, 2.45) is 0 Å². The summed E-state index contributed by atoms with van der Waals surface area (Å²) in [5.41, 5.74) is 0.903. The third-order valence-electron chi connectivity index (χ3n) is 1.50. The lowest BCUT2D eigenvalue weighted by molar-refractivity contribution is 0.228. The van der Waals surface area contributed by atoms with Crippen molar-refractivity contribution in [2.45, 2.75) is 32.0 Å². The Balaban J connectivity index is 3.07. The van der Waals surface area contributed by atoms with E-state index >= 15 is 0 Å². The molecule has 0 N–H and O–H groups in total. The van der Waals surface area contributed by atoms with E-state index in [1.165, 1.54) is 11.8 Å². The quantitative estimate of drug-likeness (QED) is 0.628. The highest BCUT2D eigenvalue weighted by Crippen LogP contribution is 2.28. The highest BCUT2D eigenvalue weighted by Gasteiger charge is 2.11. The van der Waals surface area contributed by atoms with Crippen LogP contribution in [0.2, 0.25) is 0 Å². The van der Waals surface area contributed by atoms with Gasteiger partial charge in [0, 0.05) is 0 Å². The van der Waals surface area contributed by atoms with Crippen LogP contribution in [-0.4, -0.2) is 22.3 Å². The first-order valence-electron chi connectivity index (χ1n) is 4.29. The average Bonchev–Trinajstić information content (AvgIpc) is 2.11. The van der Waals surface area contributed by atoms with E-state index in [0.29, 0.717) is 5.88 Å². The molecular weight excluding hydrogens is 264 g/mol. The molecule has 0 aromatic carbocycles. The molecule has 0 amide bonds. The first kappa shape index (κ1) is 11.8. The fourth-order valence-electron chi connectivity index (χ4n) is 0.901. The van der Waals surface area contributed by atoms with Crippen molar-refractivity contribution in [3.63, 3.8) is 0 Å². The molecular formula is C9H13BrN2OS. The van der Waals surface area contributed by atoms with Crippen LogP contribution < -0.4 is 4.74 Å². The first-order valence-corrected chi connectivity index (χ1v) is 6.31. The van der Waals surface area contributed by atoms with Crippen molar-refractivity contribution in [3.8, 4) is 5.88 Å². The molecule has 14 heavy (non-hydrogen) atoms. The molecule has 0 atom stereocenters. The summed E-state index contributed by atoms with van der Waals surface area (Å²) in [6, 6.07) is 0. The van der Waals surface area contributed by atoms with E-state index in [2.05, 4.69) is 25.9 Å². The number of nitrogens with zero attached hydrogens (tertiary/aromatic N) is 2. The number of thioether (sulfide) groups is 1. The lowest BCUT2D eigenvalue weighted by atomic mass is 10.4. The molecule has 0 spiro atoms. The minimum absolute atomic E-state index is 0.121. The number of hydrogen-bond acceptors (Lipinski definition) is 4. The molecule has 1 aromatic heterocycles. The highest BCUT2D eigenvalue weighted by molar-refractivity contribution is 9.10. The van der Waals surface area contributed by atoms with Crippen molar-refractivity contribution in [1.82, 2.24) is 9.97 Å². The summed E-state index contributed by atoms with van der Waals surface area (Å²) >= 11 is 4.92. The third-order valence-corrected chi connectivity index (χ3v) is 2.96. The lowest BCUT2D eigenvalue weighted by Gasteiger charge is -2.12. The van der Waals surface area contributed by atoms with Gasteiger partial charge < -0.3 is 4.74 Å². The molecule has 5 heteroatoms. The second kappa shape index (κ2) is 4.98. The Morgan fingerprint density at radius 2 is 2.00 bits per heavy atom. The van der Waals surface area contributed by atoms with E-state index in [9.17, 15) is 0 Å². The van der Waals surface area contributed by atoms with Gasteiger partial charge in [0.05, 0.1) is 11.8 Å². The number of ether oxygens (including phenoxy) is 1. The Hall–Kier alpha value is -0.290. The van der Waals surface area contributed by atoms with Crippen molar-refractivity contribution in [3.05, 3.63) is 10.2 Å². The summed E-state index contributed by atoms with van der Waals surface area (Å²) < 4.78 is 6.39. The second-order valence-electron chi connectivity index (χ2n) is 3.08. The van der Waals surface area contributed by atoms with Crippen LogP contribution in [0.15, 0.2) is 9.63 Å². The Morgan fingerprint density at radius 3 is 2.50 bits per heavy atom. The van der Waals surface area contributed by atoms with Crippen LogP contribution in [0.25, 0.3) is 0 Å². The first-order chi connectivity index (χ1) is 6.54. The van der Waals surface area contributed by atoms with Crippen LogP contribution in [0.5, 0.6) is 5.88 Å². The Morgan fingerprint density at radius 1 is 1.36 bits per heavy atom. The summed E-state index contributed by atoms with van der Waals surface area (Å²) in [7, 11) is 0. The second-order valence-corrected chi connectivity index (χ2v) is 4.65. The molecule has 78 valence electrons. The van der Waals surface area contributed by atoms with Gasteiger partial charge in [-0.3, -0.25) is 0 Å². The van der Waals surface area contributed by atoms with E-state index in [-0.39, 0.29) is 6.10 Å². The predicted molar refractivity (Wildman–Crippen MR) is 62.0 cm³/mol. The maximum Gasteiger partial charge on any atom is 0.232 e. The predicted octanol–water partition coefficient (Wildman–Crippen LogP) is 3.06. The standard InChI is InChI=1S/C9H13BrN2OS/c1-5(2)13-8-7(10)6(3)11-9(12-8)14-4/h5H,1-4H3. The van der Waals surface area contributed by atoms with Gasteiger partial charge >= 0.3 is 0 Å². The van der Waals surface area contributed by atoms with Crippen LogP contribution in [-0.2, 0) is 0 Å². The summed E-state index contributed by atoms with van der Waals surface area (Å²) in [5.74, 6) is 0.622. The fourth-order valence-corrected chi connectivity index (χ4v) is 1.57. The van der Waals surface area contributed by atoms with E-state index in [0.717, 1.165) is 15.3 Å². The van der Waals surface area contributed by atoms with Gasteiger partial charge in [-0.2, -0.15) is 4.98 Å². The third kappa shape index (κ3) is 2.85. The molecule has 0 unspecified atom stereocenters. The summed E-state index contributed by atoms with van der Waals surface area (Å²) in [6.45, 7) is 5.88. The zero-order valence-corrected chi connectivity index (χ0v) is 11.1. The van der Waals surface area contributed by atoms with Crippen LogP contribution in [0.3, 0.4) is 0 Å². The average molecular weight is 277 g/mol. The van der Waals surface area contributed by atoms with Gasteiger partial charge in [-0.05, 0) is 43.0 Å². The Bertz CT molecular complexity index is 331. The van der Waals surface area contributed by atoms with Crippen molar-refractivity contribution in [1.29, 1.82) is 0 Å². The topological polar surface area (TPSA) is 35.0 Å². The Labute approximate surface area is 96.8 Å². The molecule has 0 aliphatic heterocycles. The summed E-state index contributed by atoms with van der Waals surface area (Å²) in [4.78, 5) is 8.56. The minimum atomic E-state index is 0.121. The van der Waals surface area contributed by atoms with Crippen LogP contribution in [0.1, 0.15) is 19.5 Å². The van der Waals surface area contributed by atoms with Gasteiger partial charge in [0.1, 0.15) is 4.47 Å². The normalized spacial score (nSPS) is 10.7. The maximum absolute atomic E-state index is 5.56. The van der Waals surface area contributed by atoms with E-state index < -0.39 is 0 Å². The molecule has 0 radical (unpaired) electrons. The number of aromatic nitrogens is 2. The lowest BCUT2D eigenvalue weighted by Crippen LogP contribution is -2.09. The molecule has 1 aromatic rings. The SMILES string of the molecule is CSc1nc(C)c(Br)c(OC(C)C)n1. The monoisotopic (exact) mass is 276 g/mol. The maximum atomic E-state index is 5.56. The summed E-state index contributed by atoms with van der Waals surface area (Å²) in [5, 5.41) is 0.737. The highest BCUT2D eigenvalue weighted by atomic mass is 79.9. The molecule has 0 aliphatic rings. The molecule has 0 fully saturated rings. The van der Waals surface area contributed by atoms with Gasteiger partial charge in [0.15, 0.2) is 5.16 Å². The zero-order valence-electron chi connectivity index (χ0n) is 8.67. The largest absolute Gasteiger partial charge is 0.474 e. The van der Waals surface area contributed by atoms with Crippen molar-refractivity contribution >= 4 is 27.7 Å². The number of hydrogen-bond donors (Lipinski definition) is 0. The van der Waals surface area contributed by atoms with Gasteiger partial charge in [-0.25, -0.2) is 4.98 Å². The molecule has 0 saturated heterocycles. The van der Waals surface area contributed by atoms with Gasteiger partial charge in [-0.1, -0.05) is 11.8 Å². The van der Waals surface area contributed by atoms with Gasteiger partial charge in [0.25, 0.3) is 0 Å². The number of aryl methyl sites for hydroxylation is 1. The zero-order chi connectivity index (χ0) is 10.7.